The molecule has 1 aromatic rings. The van der Waals surface area contributed by atoms with Crippen LogP contribution in [0.25, 0.3) is 0 Å². The number of carbonyl (C=O) groups is 1. The van der Waals surface area contributed by atoms with E-state index in [2.05, 4.69) is 5.32 Å². The smallest absolute Gasteiger partial charge is 0.220 e. The van der Waals surface area contributed by atoms with E-state index in [0.29, 0.717) is 24.1 Å². The molecule has 1 rings (SSSR count). The lowest BCUT2D eigenvalue weighted by Crippen LogP contribution is -2.22. The summed E-state index contributed by atoms with van der Waals surface area (Å²) >= 11 is 0. The van der Waals surface area contributed by atoms with Gasteiger partial charge in [0.15, 0.2) is 0 Å². The van der Waals surface area contributed by atoms with Crippen LogP contribution in [-0.4, -0.2) is 12.5 Å². The van der Waals surface area contributed by atoms with Crippen LogP contribution in [0.4, 0.5) is 4.39 Å². The molecule has 3 nitrogen and oxygen atoms in total. The quantitative estimate of drug-likeness (QED) is 0.719. The van der Waals surface area contributed by atoms with Crippen LogP contribution in [0.15, 0.2) is 12.1 Å². The average molecular weight is 280 g/mol. The first-order valence-electron chi connectivity index (χ1n) is 7.27. The molecule has 0 saturated carbocycles. The first-order chi connectivity index (χ1) is 9.54. The third-order valence-electron chi connectivity index (χ3n) is 3.34. The van der Waals surface area contributed by atoms with Crippen LogP contribution in [0.3, 0.4) is 0 Å². The summed E-state index contributed by atoms with van der Waals surface area (Å²) in [6.45, 7) is 4.66. The number of nitrogens with two attached hydrogens (primary N) is 1. The summed E-state index contributed by atoms with van der Waals surface area (Å²) in [5.41, 5.74) is 7.60. The van der Waals surface area contributed by atoms with Gasteiger partial charge >= 0.3 is 0 Å². The number of hydrogen-bond donors (Lipinski definition) is 2. The molecule has 0 unspecified atom stereocenters. The van der Waals surface area contributed by atoms with Gasteiger partial charge in [-0.05, 0) is 49.9 Å². The third-order valence-corrected chi connectivity index (χ3v) is 3.34. The van der Waals surface area contributed by atoms with Gasteiger partial charge in [-0.15, -0.1) is 0 Å². The van der Waals surface area contributed by atoms with E-state index >= 15 is 0 Å². The third kappa shape index (κ3) is 5.70. The van der Waals surface area contributed by atoms with Crippen molar-refractivity contribution in [2.75, 3.05) is 6.54 Å². The van der Waals surface area contributed by atoms with E-state index in [-0.39, 0.29) is 11.7 Å². The van der Waals surface area contributed by atoms with E-state index in [1.165, 1.54) is 0 Å². The van der Waals surface area contributed by atoms with E-state index in [4.69, 9.17) is 5.73 Å². The van der Waals surface area contributed by atoms with E-state index in [0.717, 1.165) is 37.8 Å². The Hall–Kier alpha value is -1.42. The maximum atomic E-state index is 13.5. The molecule has 0 aliphatic rings. The van der Waals surface area contributed by atoms with Crippen LogP contribution in [0, 0.1) is 19.7 Å². The predicted molar refractivity (Wildman–Crippen MR) is 79.9 cm³/mol. The van der Waals surface area contributed by atoms with Crippen molar-refractivity contribution in [3.8, 4) is 0 Å². The molecule has 1 amide bonds. The summed E-state index contributed by atoms with van der Waals surface area (Å²) in [6.07, 6.45) is 4.59. The molecule has 1 aromatic carbocycles. The highest BCUT2D eigenvalue weighted by atomic mass is 19.1. The summed E-state index contributed by atoms with van der Waals surface area (Å²) < 4.78 is 13.5. The maximum absolute atomic E-state index is 13.5. The van der Waals surface area contributed by atoms with Crippen LogP contribution in [0.1, 0.15) is 48.8 Å². The highest BCUT2D eigenvalue weighted by Crippen LogP contribution is 2.14. The molecule has 0 spiro atoms. The van der Waals surface area contributed by atoms with Crippen molar-refractivity contribution >= 4 is 5.91 Å². The molecule has 3 N–H and O–H groups in total. The summed E-state index contributed by atoms with van der Waals surface area (Å²) in [4.78, 5) is 11.7. The molecule has 0 aliphatic heterocycles. The van der Waals surface area contributed by atoms with Crippen LogP contribution in [0.2, 0.25) is 0 Å². The fourth-order valence-electron chi connectivity index (χ4n) is 2.21. The predicted octanol–water partition coefficient (Wildman–Crippen LogP) is 2.97. The lowest BCUT2D eigenvalue weighted by Gasteiger charge is -2.08. The second-order valence-electron chi connectivity index (χ2n) is 5.27. The molecule has 0 aliphatic carbocycles. The molecule has 0 bridgehead atoms. The number of aryl methyl sites for hydroxylation is 2. The van der Waals surface area contributed by atoms with Gasteiger partial charge in [0.1, 0.15) is 5.82 Å². The second-order valence-corrected chi connectivity index (χ2v) is 5.27. The van der Waals surface area contributed by atoms with Gasteiger partial charge in [0.2, 0.25) is 5.91 Å². The number of amides is 1. The zero-order valence-electron chi connectivity index (χ0n) is 12.5. The van der Waals surface area contributed by atoms with Gasteiger partial charge in [0.05, 0.1) is 0 Å². The van der Waals surface area contributed by atoms with Crippen molar-refractivity contribution in [2.24, 2.45) is 5.73 Å². The van der Waals surface area contributed by atoms with Gasteiger partial charge in [-0.2, -0.15) is 0 Å². The molecular formula is C16H25FN2O. The lowest BCUT2D eigenvalue weighted by molar-refractivity contribution is -0.121. The Balaban J connectivity index is 2.30. The van der Waals surface area contributed by atoms with E-state index in [1.807, 2.05) is 0 Å². The van der Waals surface area contributed by atoms with Gasteiger partial charge < -0.3 is 11.1 Å². The van der Waals surface area contributed by atoms with Crippen LogP contribution in [0.5, 0.6) is 0 Å². The molecule has 20 heavy (non-hydrogen) atoms. The summed E-state index contributed by atoms with van der Waals surface area (Å²) in [5, 5.41) is 2.88. The first-order valence-corrected chi connectivity index (χ1v) is 7.27. The normalized spacial score (nSPS) is 10.6. The van der Waals surface area contributed by atoms with Crippen LogP contribution < -0.4 is 11.1 Å². The number of unbranched alkanes of at least 4 members (excludes halogenated alkanes) is 3. The van der Waals surface area contributed by atoms with Crippen molar-refractivity contribution < 1.29 is 9.18 Å². The molecule has 0 fully saturated rings. The Morgan fingerprint density at radius 3 is 2.35 bits per heavy atom. The zero-order chi connectivity index (χ0) is 15.0. The second kappa shape index (κ2) is 8.69. The van der Waals surface area contributed by atoms with E-state index in [1.54, 1.807) is 26.0 Å². The fraction of sp³-hybridized carbons (Fsp3) is 0.562. The van der Waals surface area contributed by atoms with Crippen LogP contribution >= 0.6 is 0 Å². The number of nitrogens with one attached hydrogen (secondary N) is 1. The largest absolute Gasteiger partial charge is 0.352 e. The molecular weight excluding hydrogens is 255 g/mol. The van der Waals surface area contributed by atoms with Crippen molar-refractivity contribution in [1.82, 2.24) is 5.32 Å². The van der Waals surface area contributed by atoms with Gasteiger partial charge in [-0.1, -0.05) is 25.0 Å². The molecule has 0 heterocycles. The zero-order valence-corrected chi connectivity index (χ0v) is 12.5. The highest BCUT2D eigenvalue weighted by Gasteiger charge is 2.06. The van der Waals surface area contributed by atoms with E-state index in [9.17, 15) is 9.18 Å². The van der Waals surface area contributed by atoms with Crippen molar-refractivity contribution in [2.45, 2.75) is 52.5 Å². The number of carbonyl (C=O) groups excluding carboxylic acids is 1. The topological polar surface area (TPSA) is 55.1 Å². The minimum Gasteiger partial charge on any atom is -0.352 e. The standard InChI is InChI=1S/C16H25FN2O/c1-12-9-14(10-13(2)16(12)17)11-19-15(20)7-5-3-4-6-8-18/h9-10H,3-8,11,18H2,1-2H3,(H,19,20). The number of hydrogen-bond acceptors (Lipinski definition) is 2. The molecule has 0 atom stereocenters. The SMILES string of the molecule is Cc1cc(CNC(=O)CCCCCCN)cc(C)c1F. The fourth-order valence-corrected chi connectivity index (χ4v) is 2.21. The summed E-state index contributed by atoms with van der Waals surface area (Å²) in [7, 11) is 0. The summed E-state index contributed by atoms with van der Waals surface area (Å²) in [5.74, 6) is -0.114. The van der Waals surface area contributed by atoms with Crippen molar-refractivity contribution in [1.29, 1.82) is 0 Å². The maximum Gasteiger partial charge on any atom is 0.220 e. The van der Waals surface area contributed by atoms with Gasteiger partial charge in [0, 0.05) is 13.0 Å². The molecule has 0 radical (unpaired) electrons. The van der Waals surface area contributed by atoms with E-state index < -0.39 is 0 Å². The van der Waals surface area contributed by atoms with Crippen molar-refractivity contribution in [3.63, 3.8) is 0 Å². The van der Waals surface area contributed by atoms with Gasteiger partial charge in [-0.25, -0.2) is 4.39 Å². The Morgan fingerprint density at radius 2 is 1.75 bits per heavy atom. The Morgan fingerprint density at radius 1 is 1.15 bits per heavy atom. The Labute approximate surface area is 120 Å². The Bertz CT molecular complexity index is 423. The highest BCUT2D eigenvalue weighted by molar-refractivity contribution is 5.75. The molecule has 0 saturated heterocycles. The molecule has 112 valence electrons. The lowest BCUT2D eigenvalue weighted by atomic mass is 10.1. The van der Waals surface area contributed by atoms with Gasteiger partial charge in [0.25, 0.3) is 0 Å². The molecule has 0 aromatic heterocycles. The van der Waals surface area contributed by atoms with Gasteiger partial charge in [-0.3, -0.25) is 4.79 Å². The number of benzene rings is 1. The Kier molecular flexibility index (Phi) is 7.23. The minimum atomic E-state index is -0.167. The molecule has 4 heteroatoms. The first kappa shape index (κ1) is 16.6. The minimum absolute atomic E-state index is 0.0531. The number of rotatable bonds is 8. The average Bonchev–Trinajstić information content (AvgIpc) is 2.42. The van der Waals surface area contributed by atoms with Crippen molar-refractivity contribution in [3.05, 3.63) is 34.6 Å². The number of halogens is 1. The monoisotopic (exact) mass is 280 g/mol. The van der Waals surface area contributed by atoms with Crippen LogP contribution in [-0.2, 0) is 11.3 Å². The summed E-state index contributed by atoms with van der Waals surface area (Å²) in [6, 6.07) is 3.56.